The normalized spacial score (nSPS) is 18.7. The van der Waals surface area contributed by atoms with Gasteiger partial charge in [-0.15, -0.1) is 0 Å². The lowest BCUT2D eigenvalue weighted by atomic mass is 9.92. The highest BCUT2D eigenvalue weighted by molar-refractivity contribution is 6.32. The fourth-order valence-electron chi connectivity index (χ4n) is 3.62. The van der Waals surface area contributed by atoms with Crippen molar-refractivity contribution in [1.29, 1.82) is 0 Å². The highest BCUT2D eigenvalue weighted by Crippen LogP contribution is 2.33. The molecule has 0 spiro atoms. The van der Waals surface area contributed by atoms with Gasteiger partial charge in [-0.25, -0.2) is 4.79 Å². The molecular weight excluding hydrogens is 390 g/mol. The first-order valence-corrected chi connectivity index (χ1v) is 9.99. The third kappa shape index (κ3) is 3.85. The summed E-state index contributed by atoms with van der Waals surface area (Å²) in [7, 11) is 0. The van der Waals surface area contributed by atoms with Crippen LogP contribution in [0.1, 0.15) is 37.5 Å². The number of para-hydroxylation sites is 1. The Labute approximate surface area is 175 Å². The number of carbonyl (C=O) groups is 3. The van der Waals surface area contributed by atoms with Gasteiger partial charge in [-0.2, -0.15) is 0 Å². The Hall–Kier alpha value is -2.86. The van der Waals surface area contributed by atoms with Gasteiger partial charge >= 0.3 is 6.03 Å². The number of nitrogens with zero attached hydrogens (tertiary/aromatic N) is 1. The van der Waals surface area contributed by atoms with Gasteiger partial charge in [0.1, 0.15) is 12.1 Å². The number of imide groups is 1. The van der Waals surface area contributed by atoms with Gasteiger partial charge in [0.2, 0.25) is 5.91 Å². The van der Waals surface area contributed by atoms with Crippen molar-refractivity contribution < 1.29 is 14.4 Å². The van der Waals surface area contributed by atoms with Crippen LogP contribution in [0.3, 0.4) is 0 Å². The topological polar surface area (TPSA) is 78.5 Å². The lowest BCUT2D eigenvalue weighted by Gasteiger charge is -2.23. The fraction of sp³-hybridized carbons (Fsp3) is 0.318. The molecule has 2 N–H and O–H groups in total. The van der Waals surface area contributed by atoms with Crippen molar-refractivity contribution in [1.82, 2.24) is 10.2 Å². The molecule has 0 saturated carbocycles. The number of amides is 4. The van der Waals surface area contributed by atoms with Gasteiger partial charge < -0.3 is 10.6 Å². The predicted molar refractivity (Wildman–Crippen MR) is 113 cm³/mol. The van der Waals surface area contributed by atoms with Crippen molar-refractivity contribution in [2.75, 3.05) is 11.9 Å². The Morgan fingerprint density at radius 3 is 2.28 bits per heavy atom. The number of halogens is 1. The zero-order valence-corrected chi connectivity index (χ0v) is 17.5. The summed E-state index contributed by atoms with van der Waals surface area (Å²) in [5.74, 6) is -0.933. The number of rotatable bonds is 6. The van der Waals surface area contributed by atoms with Gasteiger partial charge in [0.15, 0.2) is 0 Å². The van der Waals surface area contributed by atoms with Crippen LogP contribution in [0.25, 0.3) is 0 Å². The molecule has 0 radical (unpaired) electrons. The average molecular weight is 414 g/mol. The molecule has 3 rings (SSSR count). The van der Waals surface area contributed by atoms with Gasteiger partial charge in [0.25, 0.3) is 5.91 Å². The number of hydrogen-bond acceptors (Lipinski definition) is 3. The van der Waals surface area contributed by atoms with Crippen LogP contribution in [0.4, 0.5) is 10.5 Å². The van der Waals surface area contributed by atoms with Crippen LogP contribution in [0.5, 0.6) is 0 Å². The van der Waals surface area contributed by atoms with E-state index in [0.29, 0.717) is 10.6 Å². The molecular formula is C22H24ClN3O3. The summed E-state index contributed by atoms with van der Waals surface area (Å²) in [6.45, 7) is 5.24. The first kappa shape index (κ1) is 20.9. The molecule has 1 atom stereocenters. The van der Waals surface area contributed by atoms with Crippen molar-refractivity contribution in [3.05, 3.63) is 64.2 Å². The molecule has 1 fully saturated rings. The molecule has 1 heterocycles. The van der Waals surface area contributed by atoms with Crippen LogP contribution < -0.4 is 10.6 Å². The van der Waals surface area contributed by atoms with Crippen LogP contribution in [0.2, 0.25) is 5.02 Å². The van der Waals surface area contributed by atoms with E-state index in [0.717, 1.165) is 34.6 Å². The smallest absolute Gasteiger partial charge is 0.324 e. The minimum absolute atomic E-state index is 0.369. The monoisotopic (exact) mass is 413 g/mol. The zero-order chi connectivity index (χ0) is 21.2. The maximum atomic E-state index is 13.0. The largest absolute Gasteiger partial charge is 0.325 e. The van der Waals surface area contributed by atoms with Crippen LogP contribution in [-0.2, 0) is 28.0 Å². The molecule has 0 unspecified atom stereocenters. The van der Waals surface area contributed by atoms with E-state index in [4.69, 9.17) is 11.6 Å². The number of aryl methyl sites for hydroxylation is 2. The number of anilines is 1. The molecule has 2 aromatic carbocycles. The lowest BCUT2D eigenvalue weighted by Crippen LogP contribution is -2.42. The number of nitrogens with one attached hydrogen (secondary N) is 2. The van der Waals surface area contributed by atoms with Crippen molar-refractivity contribution in [3.63, 3.8) is 0 Å². The average Bonchev–Trinajstić information content (AvgIpc) is 2.92. The first-order chi connectivity index (χ1) is 13.8. The van der Waals surface area contributed by atoms with Gasteiger partial charge in [-0.3, -0.25) is 14.5 Å². The summed E-state index contributed by atoms with van der Waals surface area (Å²) in [5.41, 5.74) is 1.95. The van der Waals surface area contributed by atoms with E-state index >= 15 is 0 Å². The molecule has 0 bridgehead atoms. The van der Waals surface area contributed by atoms with E-state index < -0.39 is 23.4 Å². The molecule has 7 heteroatoms. The van der Waals surface area contributed by atoms with E-state index in [-0.39, 0.29) is 6.54 Å². The van der Waals surface area contributed by atoms with E-state index in [9.17, 15) is 14.4 Å². The van der Waals surface area contributed by atoms with Crippen molar-refractivity contribution >= 4 is 35.1 Å². The molecule has 6 nitrogen and oxygen atoms in total. The minimum atomic E-state index is -1.31. The highest BCUT2D eigenvalue weighted by atomic mass is 35.5. The van der Waals surface area contributed by atoms with Crippen molar-refractivity contribution in [2.24, 2.45) is 0 Å². The maximum absolute atomic E-state index is 13.0. The Kier molecular flexibility index (Phi) is 5.94. The van der Waals surface area contributed by atoms with Crippen molar-refractivity contribution in [2.45, 2.75) is 39.2 Å². The summed E-state index contributed by atoms with van der Waals surface area (Å²) >= 11 is 6.23. The Bertz CT molecular complexity index is 953. The molecule has 4 amide bonds. The zero-order valence-electron chi connectivity index (χ0n) is 16.7. The summed E-state index contributed by atoms with van der Waals surface area (Å²) in [5, 5.41) is 5.94. The highest BCUT2D eigenvalue weighted by Gasteiger charge is 2.50. The molecule has 152 valence electrons. The van der Waals surface area contributed by atoms with Crippen molar-refractivity contribution in [3.8, 4) is 0 Å². The standard InChI is InChI=1S/C22H24ClN3O3/c1-4-14-9-8-10-15(5-2)19(14)24-18(27)13-26-20(28)22(3,25-21(26)29)16-11-6-7-12-17(16)23/h6-12H,4-5,13H2,1-3H3,(H,24,27)(H,25,29)/t22-/m0/s1. The molecule has 1 aliphatic rings. The van der Waals surface area contributed by atoms with Gasteiger partial charge in [-0.05, 0) is 37.0 Å². The van der Waals surface area contributed by atoms with E-state index in [1.54, 1.807) is 31.2 Å². The van der Waals surface area contributed by atoms with Crippen LogP contribution in [0, 0.1) is 0 Å². The molecule has 2 aromatic rings. The quantitative estimate of drug-likeness (QED) is 0.705. The summed E-state index contributed by atoms with van der Waals surface area (Å²) in [4.78, 5) is 39.1. The van der Waals surface area contributed by atoms with Gasteiger partial charge in [-0.1, -0.05) is 61.8 Å². The molecule has 0 aliphatic carbocycles. The van der Waals surface area contributed by atoms with Gasteiger partial charge in [0.05, 0.1) is 0 Å². The third-order valence-corrected chi connectivity index (χ3v) is 5.58. The second kappa shape index (κ2) is 8.25. The van der Waals surface area contributed by atoms with Crippen LogP contribution in [0.15, 0.2) is 42.5 Å². The number of benzene rings is 2. The number of carbonyl (C=O) groups excluding carboxylic acids is 3. The molecule has 0 aromatic heterocycles. The van der Waals surface area contributed by atoms with Gasteiger partial charge in [0, 0.05) is 16.3 Å². The second-order valence-electron chi connectivity index (χ2n) is 7.13. The first-order valence-electron chi connectivity index (χ1n) is 9.61. The minimum Gasteiger partial charge on any atom is -0.324 e. The van der Waals surface area contributed by atoms with E-state index in [2.05, 4.69) is 10.6 Å². The van der Waals surface area contributed by atoms with E-state index in [1.165, 1.54) is 0 Å². The lowest BCUT2D eigenvalue weighted by molar-refractivity contribution is -0.133. The maximum Gasteiger partial charge on any atom is 0.325 e. The van der Waals surface area contributed by atoms with Crippen LogP contribution in [-0.4, -0.2) is 29.3 Å². The van der Waals surface area contributed by atoms with E-state index in [1.807, 2.05) is 32.0 Å². The summed E-state index contributed by atoms with van der Waals surface area (Å²) < 4.78 is 0. The second-order valence-corrected chi connectivity index (χ2v) is 7.54. The third-order valence-electron chi connectivity index (χ3n) is 5.25. The summed E-state index contributed by atoms with van der Waals surface area (Å²) in [6, 6.07) is 12.1. The number of hydrogen-bond donors (Lipinski definition) is 2. The fourth-order valence-corrected chi connectivity index (χ4v) is 3.94. The predicted octanol–water partition coefficient (Wildman–Crippen LogP) is 3.87. The molecule has 29 heavy (non-hydrogen) atoms. The van der Waals surface area contributed by atoms with Crippen LogP contribution >= 0.6 is 11.6 Å². The molecule has 1 aliphatic heterocycles. The summed E-state index contributed by atoms with van der Waals surface area (Å²) in [6.07, 6.45) is 1.52. The Morgan fingerprint density at radius 1 is 1.07 bits per heavy atom. The molecule has 1 saturated heterocycles. The SMILES string of the molecule is CCc1cccc(CC)c1NC(=O)CN1C(=O)N[C@@](C)(c2ccccc2Cl)C1=O. The number of urea groups is 1. The Balaban J connectivity index is 1.81. The Morgan fingerprint density at radius 2 is 1.69 bits per heavy atom.